The maximum Gasteiger partial charge on any atom is 0.403 e. The number of nitrogens with two attached hydrogens (primary N) is 1. The standard InChI is InChI=1S/C4H9NO4S2/c1-3(5)4(2,10)9-11(6,7)8-3/h10H,5H2,1-2H3. The lowest BCUT2D eigenvalue weighted by atomic mass is 10.1. The van der Waals surface area contributed by atoms with Crippen LogP contribution < -0.4 is 5.73 Å². The molecule has 11 heavy (non-hydrogen) atoms. The Labute approximate surface area is 70.6 Å². The average Bonchev–Trinajstić information content (AvgIpc) is 1.66. The van der Waals surface area contributed by atoms with Crippen molar-refractivity contribution >= 4 is 23.0 Å². The van der Waals surface area contributed by atoms with Crippen LogP contribution in [0.25, 0.3) is 0 Å². The molecule has 1 aliphatic rings. The molecule has 0 spiro atoms. The fourth-order valence-corrected chi connectivity index (χ4v) is 2.15. The van der Waals surface area contributed by atoms with E-state index in [0.717, 1.165) is 0 Å². The summed E-state index contributed by atoms with van der Waals surface area (Å²) < 4.78 is 30.2. The van der Waals surface area contributed by atoms with Crippen molar-refractivity contribution < 1.29 is 16.8 Å². The SMILES string of the molecule is CC1(N)OS(=O)(=O)OC1(C)S. The van der Waals surface area contributed by atoms with Crippen molar-refractivity contribution in [3.05, 3.63) is 0 Å². The van der Waals surface area contributed by atoms with Gasteiger partial charge in [0.15, 0.2) is 10.7 Å². The van der Waals surface area contributed by atoms with E-state index < -0.39 is 21.1 Å². The van der Waals surface area contributed by atoms with Crippen LogP contribution in [0.2, 0.25) is 0 Å². The van der Waals surface area contributed by atoms with Crippen molar-refractivity contribution in [3.8, 4) is 0 Å². The van der Waals surface area contributed by atoms with Crippen molar-refractivity contribution in [2.24, 2.45) is 5.73 Å². The van der Waals surface area contributed by atoms with Gasteiger partial charge in [0, 0.05) is 0 Å². The number of hydrogen-bond donors (Lipinski definition) is 2. The first kappa shape index (κ1) is 9.27. The minimum Gasteiger partial charge on any atom is -0.299 e. The van der Waals surface area contributed by atoms with E-state index in [1.54, 1.807) is 0 Å². The van der Waals surface area contributed by atoms with Crippen LogP contribution in [0.1, 0.15) is 13.8 Å². The molecule has 0 aromatic carbocycles. The molecule has 0 amide bonds. The van der Waals surface area contributed by atoms with Gasteiger partial charge in [-0.05, 0) is 13.8 Å². The van der Waals surface area contributed by atoms with Gasteiger partial charge in [0.2, 0.25) is 0 Å². The lowest BCUT2D eigenvalue weighted by molar-refractivity contribution is 0.0503. The molecule has 0 saturated carbocycles. The molecule has 5 nitrogen and oxygen atoms in total. The second kappa shape index (κ2) is 2.11. The molecule has 1 saturated heterocycles. The zero-order valence-electron chi connectivity index (χ0n) is 6.07. The van der Waals surface area contributed by atoms with E-state index in [1.165, 1.54) is 13.8 Å². The van der Waals surface area contributed by atoms with E-state index in [9.17, 15) is 8.42 Å². The molecule has 1 fully saturated rings. The van der Waals surface area contributed by atoms with Crippen LogP contribution in [-0.2, 0) is 18.8 Å². The van der Waals surface area contributed by atoms with Crippen molar-refractivity contribution in [2.75, 3.05) is 0 Å². The zero-order valence-corrected chi connectivity index (χ0v) is 7.78. The normalized spacial score (nSPS) is 49.5. The summed E-state index contributed by atoms with van der Waals surface area (Å²) in [6.07, 6.45) is 0. The predicted molar refractivity (Wildman–Crippen MR) is 41.1 cm³/mol. The Bertz CT molecular complexity index is 246. The Hall–Kier alpha value is 0.180. The minimum atomic E-state index is -3.96. The topological polar surface area (TPSA) is 78.6 Å². The molecule has 0 aliphatic carbocycles. The second-order valence-corrected chi connectivity index (χ2v) is 4.67. The summed E-state index contributed by atoms with van der Waals surface area (Å²) in [5.41, 5.74) is 4.01. The fourth-order valence-electron chi connectivity index (χ4n) is 0.588. The first-order chi connectivity index (χ1) is 4.66. The molecule has 0 aromatic heterocycles. The Kier molecular flexibility index (Phi) is 1.78. The van der Waals surface area contributed by atoms with Crippen LogP contribution >= 0.6 is 12.6 Å². The van der Waals surface area contributed by atoms with E-state index in [4.69, 9.17) is 5.73 Å². The fraction of sp³-hybridized carbons (Fsp3) is 1.00. The third kappa shape index (κ3) is 1.52. The summed E-state index contributed by atoms with van der Waals surface area (Å²) in [4.78, 5) is -1.31. The van der Waals surface area contributed by atoms with Gasteiger partial charge in [0.1, 0.15) is 0 Å². The summed E-state index contributed by atoms with van der Waals surface area (Å²) in [6.45, 7) is 2.80. The molecular weight excluding hydrogens is 190 g/mol. The lowest BCUT2D eigenvalue weighted by Crippen LogP contribution is -2.50. The molecule has 1 aliphatic heterocycles. The molecule has 0 bridgehead atoms. The highest BCUT2D eigenvalue weighted by molar-refractivity contribution is 7.85. The first-order valence-electron chi connectivity index (χ1n) is 2.84. The van der Waals surface area contributed by atoms with Crippen LogP contribution in [0.4, 0.5) is 0 Å². The first-order valence-corrected chi connectivity index (χ1v) is 4.62. The highest BCUT2D eigenvalue weighted by atomic mass is 32.3. The van der Waals surface area contributed by atoms with Crippen LogP contribution in [-0.4, -0.2) is 19.1 Å². The Morgan fingerprint density at radius 3 is 1.91 bits per heavy atom. The van der Waals surface area contributed by atoms with Crippen molar-refractivity contribution in [1.82, 2.24) is 0 Å². The quantitative estimate of drug-likeness (QED) is 0.519. The largest absolute Gasteiger partial charge is 0.403 e. The van der Waals surface area contributed by atoms with Crippen molar-refractivity contribution in [2.45, 2.75) is 24.5 Å². The molecule has 66 valence electrons. The summed E-state index contributed by atoms with van der Waals surface area (Å²) >= 11 is 3.89. The third-order valence-electron chi connectivity index (χ3n) is 1.46. The average molecular weight is 199 g/mol. The molecule has 0 aromatic rings. The summed E-state index contributed by atoms with van der Waals surface area (Å²) in [5.74, 6) is 0. The van der Waals surface area contributed by atoms with Gasteiger partial charge in [0.05, 0.1) is 0 Å². The molecule has 7 heteroatoms. The Morgan fingerprint density at radius 1 is 1.36 bits per heavy atom. The Balaban J connectivity index is 3.08. The van der Waals surface area contributed by atoms with E-state index in [2.05, 4.69) is 21.0 Å². The number of hydrogen-bond acceptors (Lipinski definition) is 6. The molecule has 2 N–H and O–H groups in total. The summed E-state index contributed by atoms with van der Waals surface area (Å²) in [5, 5.41) is 0. The van der Waals surface area contributed by atoms with Gasteiger partial charge in [-0.3, -0.25) is 5.73 Å². The predicted octanol–water partition coefficient (Wildman–Crippen LogP) is -0.401. The van der Waals surface area contributed by atoms with Gasteiger partial charge in [-0.25, -0.2) is 8.37 Å². The summed E-state index contributed by atoms with van der Waals surface area (Å²) in [6, 6.07) is 0. The monoisotopic (exact) mass is 199 g/mol. The van der Waals surface area contributed by atoms with Gasteiger partial charge in [-0.15, -0.1) is 12.6 Å². The third-order valence-corrected chi connectivity index (χ3v) is 3.21. The zero-order chi connectivity index (χ0) is 8.91. The highest BCUT2D eigenvalue weighted by Crippen LogP contribution is 2.38. The van der Waals surface area contributed by atoms with E-state index in [1.807, 2.05) is 0 Å². The molecule has 1 heterocycles. The second-order valence-electron chi connectivity index (χ2n) is 2.66. The van der Waals surface area contributed by atoms with E-state index in [-0.39, 0.29) is 0 Å². The van der Waals surface area contributed by atoms with Gasteiger partial charge >= 0.3 is 10.4 Å². The molecule has 0 radical (unpaired) electrons. The van der Waals surface area contributed by atoms with Crippen LogP contribution in [0.15, 0.2) is 0 Å². The van der Waals surface area contributed by atoms with Gasteiger partial charge in [-0.2, -0.15) is 8.42 Å². The summed E-state index contributed by atoms with van der Waals surface area (Å²) in [7, 11) is -3.96. The maximum atomic E-state index is 10.7. The molecule has 2 atom stereocenters. The maximum absolute atomic E-state index is 10.7. The van der Waals surface area contributed by atoms with E-state index >= 15 is 0 Å². The molecule has 1 rings (SSSR count). The van der Waals surface area contributed by atoms with Crippen LogP contribution in [0, 0.1) is 0 Å². The van der Waals surface area contributed by atoms with E-state index in [0.29, 0.717) is 0 Å². The minimum absolute atomic E-state index is 1.31. The van der Waals surface area contributed by atoms with Gasteiger partial charge in [-0.1, -0.05) is 0 Å². The van der Waals surface area contributed by atoms with Crippen molar-refractivity contribution in [3.63, 3.8) is 0 Å². The van der Waals surface area contributed by atoms with Gasteiger partial charge in [0.25, 0.3) is 0 Å². The molecular formula is C4H9NO4S2. The smallest absolute Gasteiger partial charge is 0.299 e. The van der Waals surface area contributed by atoms with Crippen molar-refractivity contribution in [1.29, 1.82) is 0 Å². The number of thiol groups is 1. The molecule has 2 unspecified atom stereocenters. The lowest BCUT2D eigenvalue weighted by Gasteiger charge is -2.26. The number of rotatable bonds is 0. The van der Waals surface area contributed by atoms with Gasteiger partial charge < -0.3 is 0 Å². The highest BCUT2D eigenvalue weighted by Gasteiger charge is 2.54. The Morgan fingerprint density at radius 2 is 1.82 bits per heavy atom. The van der Waals surface area contributed by atoms with Crippen LogP contribution in [0.5, 0.6) is 0 Å². The van der Waals surface area contributed by atoms with Crippen LogP contribution in [0.3, 0.4) is 0 Å².